The van der Waals surface area contributed by atoms with Crippen LogP contribution < -0.4 is 5.32 Å². The first-order valence-electron chi connectivity index (χ1n) is 4.37. The fourth-order valence-corrected chi connectivity index (χ4v) is 1.52. The first-order valence-corrected chi connectivity index (χ1v) is 4.78. The van der Waals surface area contributed by atoms with Gasteiger partial charge in [-0.1, -0.05) is 12.2 Å². The van der Waals surface area contributed by atoms with Crippen molar-refractivity contribution >= 4 is 29.3 Å². The van der Waals surface area contributed by atoms with Crippen LogP contribution in [-0.2, 0) is 7.05 Å². The first kappa shape index (κ1) is 9.14. The number of aryl methyl sites for hydroxylation is 1. The highest BCUT2D eigenvalue weighted by Crippen LogP contribution is 2.11. The molecule has 6 heteroatoms. The van der Waals surface area contributed by atoms with E-state index in [-0.39, 0.29) is 0 Å². The van der Waals surface area contributed by atoms with Gasteiger partial charge in [0.05, 0.1) is 6.33 Å². The molecule has 0 saturated carbocycles. The summed E-state index contributed by atoms with van der Waals surface area (Å²) >= 11 is 5.12. The van der Waals surface area contributed by atoms with Gasteiger partial charge in [0.1, 0.15) is 11.2 Å². The van der Waals surface area contributed by atoms with Gasteiger partial charge in [0, 0.05) is 13.6 Å². The summed E-state index contributed by atoms with van der Waals surface area (Å²) in [5, 5.41) is 3.08. The predicted molar refractivity (Wildman–Crippen MR) is 57.9 cm³/mol. The normalized spacial score (nSPS) is 10.7. The number of aromatic amines is 1. The summed E-state index contributed by atoms with van der Waals surface area (Å²) in [4.78, 5) is 11.5. The van der Waals surface area contributed by atoms with E-state index < -0.39 is 0 Å². The molecule has 0 unspecified atom stereocenters. The summed E-state index contributed by atoms with van der Waals surface area (Å²) in [6, 6.07) is 0. The molecule has 0 fully saturated rings. The third-order valence-electron chi connectivity index (χ3n) is 1.93. The van der Waals surface area contributed by atoms with Crippen molar-refractivity contribution in [3.8, 4) is 0 Å². The molecule has 0 amide bonds. The molecule has 0 atom stereocenters. The molecule has 2 aromatic heterocycles. The zero-order valence-corrected chi connectivity index (χ0v) is 8.85. The molecule has 0 aliphatic rings. The number of nitrogens with zero attached hydrogens (tertiary/aromatic N) is 3. The Morgan fingerprint density at radius 1 is 1.64 bits per heavy atom. The maximum atomic E-state index is 5.12. The van der Waals surface area contributed by atoms with E-state index in [9.17, 15) is 0 Å². The van der Waals surface area contributed by atoms with Crippen molar-refractivity contribution < 1.29 is 0 Å². The largest absolute Gasteiger partial charge is 0.356 e. The Morgan fingerprint density at radius 2 is 2.43 bits per heavy atom. The third kappa shape index (κ3) is 1.37. The molecule has 2 rings (SSSR count). The van der Waals surface area contributed by atoms with Gasteiger partial charge in [-0.2, -0.15) is 0 Å². The van der Waals surface area contributed by atoms with Gasteiger partial charge in [-0.05, 0) is 6.92 Å². The van der Waals surface area contributed by atoms with Crippen molar-refractivity contribution in [1.82, 2.24) is 19.5 Å². The fraction of sp³-hybridized carbons (Fsp3) is 0.375. The fourth-order valence-electron chi connectivity index (χ4n) is 1.28. The van der Waals surface area contributed by atoms with E-state index >= 15 is 0 Å². The maximum absolute atomic E-state index is 5.12. The molecular formula is C8H11N5S. The number of aromatic nitrogens is 4. The molecule has 2 aromatic rings. The van der Waals surface area contributed by atoms with Gasteiger partial charge in [-0.25, -0.2) is 9.97 Å². The Kier molecular flexibility index (Phi) is 2.20. The number of nitrogens with one attached hydrogen (secondary N) is 2. The Hall–Kier alpha value is -1.43. The summed E-state index contributed by atoms with van der Waals surface area (Å²) in [7, 11) is 1.91. The zero-order valence-electron chi connectivity index (χ0n) is 8.03. The minimum atomic E-state index is 0.523. The van der Waals surface area contributed by atoms with Gasteiger partial charge < -0.3 is 14.9 Å². The van der Waals surface area contributed by atoms with Crippen LogP contribution in [0.5, 0.6) is 0 Å². The van der Waals surface area contributed by atoms with E-state index in [0.717, 1.165) is 17.7 Å². The third-order valence-corrected chi connectivity index (χ3v) is 2.22. The van der Waals surface area contributed by atoms with Crippen molar-refractivity contribution in [3.63, 3.8) is 0 Å². The van der Waals surface area contributed by atoms with Gasteiger partial charge in [0.15, 0.2) is 4.64 Å². The number of hydrogen-bond acceptors (Lipinski definition) is 4. The highest BCUT2D eigenvalue weighted by molar-refractivity contribution is 7.71. The lowest BCUT2D eigenvalue weighted by Crippen LogP contribution is -2.03. The van der Waals surface area contributed by atoms with E-state index in [1.165, 1.54) is 0 Å². The maximum Gasteiger partial charge on any atom is 0.203 e. The van der Waals surface area contributed by atoms with E-state index in [4.69, 9.17) is 12.2 Å². The minimum Gasteiger partial charge on any atom is -0.356 e. The van der Waals surface area contributed by atoms with Gasteiger partial charge in [-0.15, -0.1) is 0 Å². The summed E-state index contributed by atoms with van der Waals surface area (Å²) < 4.78 is 2.41. The van der Waals surface area contributed by atoms with Crippen LogP contribution in [0.1, 0.15) is 6.92 Å². The van der Waals surface area contributed by atoms with Gasteiger partial charge in [0.2, 0.25) is 5.95 Å². The zero-order chi connectivity index (χ0) is 10.1. The van der Waals surface area contributed by atoms with Crippen LogP contribution in [0.15, 0.2) is 6.33 Å². The summed E-state index contributed by atoms with van der Waals surface area (Å²) in [6.07, 6.45) is 1.72. The second-order valence-corrected chi connectivity index (χ2v) is 3.36. The number of imidazole rings is 1. The molecule has 0 aliphatic heterocycles. The number of rotatable bonds is 2. The molecule has 0 aromatic carbocycles. The smallest absolute Gasteiger partial charge is 0.203 e. The van der Waals surface area contributed by atoms with Crippen LogP contribution in [0.3, 0.4) is 0 Å². The van der Waals surface area contributed by atoms with E-state index in [1.54, 1.807) is 6.33 Å². The topological polar surface area (TPSA) is 58.5 Å². The quantitative estimate of drug-likeness (QED) is 0.735. The summed E-state index contributed by atoms with van der Waals surface area (Å²) in [5.74, 6) is 0.689. The van der Waals surface area contributed by atoms with Crippen LogP contribution in [0.2, 0.25) is 0 Å². The molecule has 0 spiro atoms. The van der Waals surface area contributed by atoms with Crippen molar-refractivity contribution in [2.24, 2.45) is 7.05 Å². The van der Waals surface area contributed by atoms with Crippen LogP contribution >= 0.6 is 12.2 Å². The van der Waals surface area contributed by atoms with Crippen molar-refractivity contribution in [1.29, 1.82) is 0 Å². The Labute approximate surface area is 86.2 Å². The van der Waals surface area contributed by atoms with E-state index in [1.807, 2.05) is 18.5 Å². The Bertz CT molecular complexity index is 512. The monoisotopic (exact) mass is 209 g/mol. The average Bonchev–Trinajstić information content (AvgIpc) is 2.49. The molecule has 5 nitrogen and oxygen atoms in total. The predicted octanol–water partition coefficient (Wildman–Crippen LogP) is 1.46. The molecule has 0 saturated heterocycles. The highest BCUT2D eigenvalue weighted by atomic mass is 32.1. The van der Waals surface area contributed by atoms with Crippen LogP contribution in [-0.4, -0.2) is 26.1 Å². The van der Waals surface area contributed by atoms with Crippen molar-refractivity contribution in [2.45, 2.75) is 6.92 Å². The second kappa shape index (κ2) is 3.38. The average molecular weight is 209 g/mol. The standard InChI is InChI=1S/C8H11N5S/c1-3-9-8-11-6-5(7(14)12-8)10-4-13(6)2/h4H,3H2,1-2H3,(H2,9,11,12,14). The SMILES string of the molecule is CCNc1nc(=S)c2ncn(C)c2[nH]1. The molecular weight excluding hydrogens is 198 g/mol. The lowest BCUT2D eigenvalue weighted by molar-refractivity contribution is 0.927. The first-order chi connectivity index (χ1) is 6.72. The molecule has 14 heavy (non-hydrogen) atoms. The molecule has 0 radical (unpaired) electrons. The number of hydrogen-bond donors (Lipinski definition) is 2. The van der Waals surface area contributed by atoms with Gasteiger partial charge >= 0.3 is 0 Å². The number of fused-ring (bicyclic) bond motifs is 1. The van der Waals surface area contributed by atoms with Crippen molar-refractivity contribution in [2.75, 3.05) is 11.9 Å². The van der Waals surface area contributed by atoms with Crippen LogP contribution in [0, 0.1) is 4.64 Å². The Morgan fingerprint density at radius 3 is 3.14 bits per heavy atom. The number of anilines is 1. The molecule has 0 aliphatic carbocycles. The van der Waals surface area contributed by atoms with Crippen LogP contribution in [0.25, 0.3) is 11.2 Å². The summed E-state index contributed by atoms with van der Waals surface area (Å²) in [5.41, 5.74) is 1.63. The van der Waals surface area contributed by atoms with Crippen LogP contribution in [0.4, 0.5) is 5.95 Å². The Balaban J connectivity index is 2.69. The lowest BCUT2D eigenvalue weighted by atomic mass is 10.5. The highest BCUT2D eigenvalue weighted by Gasteiger charge is 2.04. The lowest BCUT2D eigenvalue weighted by Gasteiger charge is -2.02. The van der Waals surface area contributed by atoms with E-state index in [0.29, 0.717) is 10.6 Å². The minimum absolute atomic E-state index is 0.523. The molecule has 74 valence electrons. The van der Waals surface area contributed by atoms with Gasteiger partial charge in [0.25, 0.3) is 0 Å². The summed E-state index contributed by atoms with van der Waals surface area (Å²) in [6.45, 7) is 2.81. The van der Waals surface area contributed by atoms with Gasteiger partial charge in [-0.3, -0.25) is 0 Å². The molecule has 0 bridgehead atoms. The number of H-pyrrole nitrogens is 1. The van der Waals surface area contributed by atoms with E-state index in [2.05, 4.69) is 20.3 Å². The molecule has 2 N–H and O–H groups in total. The molecule has 2 heterocycles. The second-order valence-electron chi connectivity index (χ2n) is 2.97. The van der Waals surface area contributed by atoms with Crippen molar-refractivity contribution in [3.05, 3.63) is 11.0 Å².